The average molecular weight is 415 g/mol. The molecule has 0 bridgehead atoms. The molecule has 0 unspecified atom stereocenters. The van der Waals surface area contributed by atoms with Crippen LogP contribution in [0, 0.1) is 6.92 Å². The second-order valence-electron chi connectivity index (χ2n) is 5.79. The van der Waals surface area contributed by atoms with Gasteiger partial charge in [0.15, 0.2) is 5.13 Å². The van der Waals surface area contributed by atoms with Crippen LogP contribution in [0.4, 0.5) is 10.1 Å². The normalized spacial score (nSPS) is 10.4. The molecule has 2 N–H and O–H groups in total. The lowest BCUT2D eigenvalue weighted by Crippen LogP contribution is -2.16. The number of aryl methyl sites for hydroxylation is 1. The van der Waals surface area contributed by atoms with Crippen LogP contribution in [0.2, 0.25) is 0 Å². The number of methoxy groups -OCH3 is 1. The molecule has 28 heavy (non-hydrogen) atoms. The predicted molar refractivity (Wildman–Crippen MR) is 109 cm³/mol. The number of thiazole rings is 1. The first-order valence-electron chi connectivity index (χ1n) is 8.25. The molecular weight excluding hydrogens is 398 g/mol. The molecule has 0 saturated heterocycles. The van der Waals surface area contributed by atoms with Crippen molar-refractivity contribution in [3.05, 3.63) is 63.5 Å². The highest BCUT2D eigenvalue weighted by Crippen LogP contribution is 2.29. The van der Waals surface area contributed by atoms with E-state index < -0.39 is 11.9 Å². The van der Waals surface area contributed by atoms with Crippen molar-refractivity contribution in [2.45, 2.75) is 13.3 Å². The van der Waals surface area contributed by atoms with E-state index in [4.69, 9.17) is 4.74 Å². The van der Waals surface area contributed by atoms with Gasteiger partial charge in [-0.15, -0.1) is 22.7 Å². The van der Waals surface area contributed by atoms with Gasteiger partial charge in [-0.25, -0.2) is 9.78 Å². The molecular formula is C19H17N3O4S2. The van der Waals surface area contributed by atoms with Crippen LogP contribution < -0.4 is 10.6 Å². The Kier molecular flexibility index (Phi) is 6.17. The number of thiophene rings is 1. The van der Waals surface area contributed by atoms with Crippen molar-refractivity contribution in [2.24, 2.45) is 0 Å². The molecule has 9 heteroatoms. The first-order chi connectivity index (χ1) is 13.5. The number of hydrogen-bond acceptors (Lipinski definition) is 7. The van der Waals surface area contributed by atoms with Crippen LogP contribution in [0.5, 0.6) is 0 Å². The molecule has 2 amide bonds. The summed E-state index contributed by atoms with van der Waals surface area (Å²) < 4.78 is 4.73. The molecule has 0 aliphatic rings. The molecule has 3 aromatic rings. The number of rotatable bonds is 6. The lowest BCUT2D eigenvalue weighted by molar-refractivity contribution is -0.115. The van der Waals surface area contributed by atoms with Gasteiger partial charge in [0, 0.05) is 10.3 Å². The van der Waals surface area contributed by atoms with Crippen LogP contribution in [0.3, 0.4) is 0 Å². The molecule has 0 spiro atoms. The topological polar surface area (TPSA) is 97.4 Å². The van der Waals surface area contributed by atoms with Gasteiger partial charge in [0.1, 0.15) is 10.7 Å². The Hall–Kier alpha value is -3.04. The number of anilines is 2. The van der Waals surface area contributed by atoms with Crippen LogP contribution >= 0.6 is 22.7 Å². The zero-order valence-electron chi connectivity index (χ0n) is 15.1. The van der Waals surface area contributed by atoms with E-state index in [1.165, 1.54) is 18.4 Å². The zero-order chi connectivity index (χ0) is 20.1. The van der Waals surface area contributed by atoms with E-state index in [1.54, 1.807) is 11.4 Å². The zero-order valence-corrected chi connectivity index (χ0v) is 16.8. The van der Waals surface area contributed by atoms with Gasteiger partial charge in [-0.3, -0.25) is 9.59 Å². The smallest absolute Gasteiger partial charge is 0.340 e. The van der Waals surface area contributed by atoms with E-state index in [9.17, 15) is 14.4 Å². The Morgan fingerprint density at radius 2 is 1.89 bits per heavy atom. The van der Waals surface area contributed by atoms with Gasteiger partial charge in [0.2, 0.25) is 5.91 Å². The number of amides is 2. The number of nitrogens with one attached hydrogen (secondary N) is 2. The largest absolute Gasteiger partial charge is 0.465 e. The molecule has 1 aromatic carbocycles. The fourth-order valence-corrected chi connectivity index (χ4v) is 4.02. The van der Waals surface area contributed by atoms with Crippen LogP contribution in [-0.2, 0) is 16.0 Å². The minimum absolute atomic E-state index is 0.155. The molecule has 2 heterocycles. The number of esters is 1. The first-order valence-corrected chi connectivity index (χ1v) is 9.95. The molecule has 0 radical (unpaired) electrons. The van der Waals surface area contributed by atoms with E-state index in [2.05, 4.69) is 15.6 Å². The monoisotopic (exact) mass is 415 g/mol. The quantitative estimate of drug-likeness (QED) is 0.598. The van der Waals surface area contributed by atoms with Crippen molar-refractivity contribution in [2.75, 3.05) is 17.7 Å². The minimum Gasteiger partial charge on any atom is -0.465 e. The van der Waals surface area contributed by atoms with Crippen molar-refractivity contribution in [1.29, 1.82) is 0 Å². The number of carbonyl (C=O) groups is 3. The van der Waals surface area contributed by atoms with Gasteiger partial charge in [-0.1, -0.05) is 30.3 Å². The predicted octanol–water partition coefficient (Wildman–Crippen LogP) is 3.73. The number of ether oxygens (including phenoxy) is 1. The third-order valence-electron chi connectivity index (χ3n) is 3.68. The molecule has 0 saturated carbocycles. The maximum atomic E-state index is 12.5. The summed E-state index contributed by atoms with van der Waals surface area (Å²) in [6.45, 7) is 1.83. The summed E-state index contributed by atoms with van der Waals surface area (Å²) in [5.74, 6) is -1.20. The summed E-state index contributed by atoms with van der Waals surface area (Å²) in [5, 5.41) is 7.65. The third kappa shape index (κ3) is 4.81. The van der Waals surface area contributed by atoms with E-state index in [0.29, 0.717) is 15.7 Å². The molecule has 3 rings (SSSR count). The summed E-state index contributed by atoms with van der Waals surface area (Å²) in [4.78, 5) is 41.4. The third-order valence-corrected chi connectivity index (χ3v) is 5.40. The molecule has 7 nitrogen and oxygen atoms in total. The molecule has 0 fully saturated rings. The Morgan fingerprint density at radius 3 is 2.61 bits per heavy atom. The van der Waals surface area contributed by atoms with Crippen LogP contribution in [-0.4, -0.2) is 29.9 Å². The highest BCUT2D eigenvalue weighted by Gasteiger charge is 2.19. The Morgan fingerprint density at radius 1 is 1.14 bits per heavy atom. The van der Waals surface area contributed by atoms with Gasteiger partial charge < -0.3 is 15.4 Å². The van der Waals surface area contributed by atoms with Gasteiger partial charge in [-0.05, 0) is 18.6 Å². The summed E-state index contributed by atoms with van der Waals surface area (Å²) in [6, 6.07) is 11.0. The van der Waals surface area contributed by atoms with Crippen molar-refractivity contribution in [3.8, 4) is 0 Å². The number of benzene rings is 1. The van der Waals surface area contributed by atoms with Gasteiger partial charge >= 0.3 is 5.97 Å². The van der Waals surface area contributed by atoms with Gasteiger partial charge in [-0.2, -0.15) is 0 Å². The van der Waals surface area contributed by atoms with Crippen molar-refractivity contribution in [3.63, 3.8) is 0 Å². The second-order valence-corrected chi connectivity index (χ2v) is 7.91. The van der Waals surface area contributed by atoms with E-state index in [1.807, 2.05) is 37.3 Å². The molecule has 0 aliphatic carbocycles. The van der Waals surface area contributed by atoms with Crippen molar-refractivity contribution < 1.29 is 19.1 Å². The molecule has 2 aromatic heterocycles. The lowest BCUT2D eigenvalue weighted by atomic mass is 10.1. The highest BCUT2D eigenvalue weighted by molar-refractivity contribution is 7.16. The number of nitrogens with zero attached hydrogens (tertiary/aromatic N) is 1. The van der Waals surface area contributed by atoms with Crippen LogP contribution in [0.1, 0.15) is 31.3 Å². The Labute approximate surface area is 169 Å². The summed E-state index contributed by atoms with van der Waals surface area (Å²) in [5.41, 5.74) is 1.34. The van der Waals surface area contributed by atoms with Crippen molar-refractivity contribution >= 4 is 50.6 Å². The number of carbonyl (C=O) groups excluding carboxylic acids is 3. The Balaban J connectivity index is 1.64. The second kappa shape index (κ2) is 8.77. The Bertz CT molecular complexity index is 1010. The summed E-state index contributed by atoms with van der Waals surface area (Å²) in [7, 11) is 1.28. The molecule has 0 atom stereocenters. The van der Waals surface area contributed by atoms with Crippen LogP contribution in [0.15, 0.2) is 41.8 Å². The fraction of sp³-hybridized carbons (Fsp3) is 0.158. The SMILES string of the molecule is COC(=O)c1cc(C)sc1NC(=O)c1csc(NC(=O)Cc2ccccc2)n1. The minimum atomic E-state index is -0.521. The van der Waals surface area contributed by atoms with E-state index in [0.717, 1.165) is 21.8 Å². The average Bonchev–Trinajstić information content (AvgIpc) is 3.28. The standard InChI is InChI=1S/C19H17N3O4S2/c1-11-8-13(18(25)26-2)17(28-11)22-16(24)14-10-27-19(20-14)21-15(23)9-12-6-4-3-5-7-12/h3-8,10H,9H2,1-2H3,(H,22,24)(H,20,21,23). The fourth-order valence-electron chi connectivity index (χ4n) is 2.42. The maximum absolute atomic E-state index is 12.5. The van der Waals surface area contributed by atoms with Gasteiger partial charge in [0.25, 0.3) is 5.91 Å². The number of aromatic nitrogens is 1. The van der Waals surface area contributed by atoms with E-state index >= 15 is 0 Å². The van der Waals surface area contributed by atoms with E-state index in [-0.39, 0.29) is 18.0 Å². The van der Waals surface area contributed by atoms with Crippen molar-refractivity contribution in [1.82, 2.24) is 4.98 Å². The summed E-state index contributed by atoms with van der Waals surface area (Å²) >= 11 is 2.43. The van der Waals surface area contributed by atoms with Gasteiger partial charge in [0.05, 0.1) is 19.1 Å². The highest BCUT2D eigenvalue weighted by atomic mass is 32.1. The maximum Gasteiger partial charge on any atom is 0.340 e. The summed E-state index contributed by atoms with van der Waals surface area (Å²) in [6.07, 6.45) is 0.221. The molecule has 0 aliphatic heterocycles. The molecule has 144 valence electrons. The van der Waals surface area contributed by atoms with Crippen LogP contribution in [0.25, 0.3) is 0 Å². The first kappa shape index (κ1) is 19.7. The number of hydrogen-bond donors (Lipinski definition) is 2. The lowest BCUT2D eigenvalue weighted by Gasteiger charge is -2.03.